The fraction of sp³-hybridized carbons (Fsp3) is 0. The maximum Gasteiger partial charge on any atom is 0.652 e. The Bertz CT molecular complexity index is 212. The fourth-order valence-corrected chi connectivity index (χ4v) is 1.24. The molecule has 3 aliphatic heterocycles. The molecular formula is C3HO4P. The molecule has 1 fully saturated rings. The number of hydrogen-bond acceptors (Lipinski definition) is 4. The average Bonchev–Trinajstić information content (AvgIpc) is 1.63. The lowest BCUT2D eigenvalue weighted by molar-refractivity contribution is 0.0469. The highest BCUT2D eigenvalue weighted by Gasteiger charge is 2.46. The predicted octanol–water partition coefficient (Wildman–Crippen LogP) is 1.13. The van der Waals surface area contributed by atoms with Crippen LogP contribution in [0.5, 0.6) is 0 Å². The minimum atomic E-state index is -3.10. The molecule has 0 saturated carbocycles. The molecule has 0 aliphatic carbocycles. The molecule has 1 saturated heterocycles. The molecule has 0 radical (unpaired) electrons. The molecule has 2 bridgehead atoms. The Kier molecular flexibility index (Phi) is 0.480. The highest BCUT2D eigenvalue weighted by Crippen LogP contribution is 2.63. The predicted molar refractivity (Wildman–Crippen MR) is 22.5 cm³/mol. The van der Waals surface area contributed by atoms with Crippen LogP contribution in [0.4, 0.5) is 0 Å². The number of phosphoric acid groups is 1. The molecule has 0 atom stereocenters. The van der Waals surface area contributed by atoms with Crippen molar-refractivity contribution in [1.29, 1.82) is 0 Å². The third-order valence-corrected chi connectivity index (χ3v) is 1.89. The van der Waals surface area contributed by atoms with Crippen molar-refractivity contribution in [3.63, 3.8) is 0 Å². The molecule has 3 rings (SSSR count). The van der Waals surface area contributed by atoms with Gasteiger partial charge in [0.2, 0.25) is 0 Å². The van der Waals surface area contributed by atoms with Crippen molar-refractivity contribution in [3.05, 3.63) is 17.9 Å². The zero-order valence-corrected chi connectivity index (χ0v) is 4.55. The van der Waals surface area contributed by atoms with Crippen LogP contribution in [0.3, 0.4) is 0 Å². The van der Waals surface area contributed by atoms with E-state index in [4.69, 9.17) is 0 Å². The summed E-state index contributed by atoms with van der Waals surface area (Å²) in [7, 11) is -3.10. The molecule has 8 heavy (non-hydrogen) atoms. The Balaban J connectivity index is 2.52. The summed E-state index contributed by atoms with van der Waals surface area (Å²) in [5.74, 6) is 0.152. The van der Waals surface area contributed by atoms with Gasteiger partial charge in [-0.05, 0) is 0 Å². The summed E-state index contributed by atoms with van der Waals surface area (Å²) < 4.78 is 23.8. The SMILES string of the molecule is O=P12OC=C=C(O1)O2. The van der Waals surface area contributed by atoms with Crippen LogP contribution in [-0.2, 0) is 18.1 Å². The second kappa shape index (κ2) is 0.943. The van der Waals surface area contributed by atoms with Crippen molar-refractivity contribution < 1.29 is 18.1 Å². The largest absolute Gasteiger partial charge is 0.652 e. The van der Waals surface area contributed by atoms with E-state index in [9.17, 15) is 4.57 Å². The van der Waals surface area contributed by atoms with Crippen molar-refractivity contribution >= 4 is 7.82 Å². The van der Waals surface area contributed by atoms with E-state index in [1.165, 1.54) is 6.26 Å². The Labute approximate surface area is 45.0 Å². The van der Waals surface area contributed by atoms with E-state index in [0.29, 0.717) is 0 Å². The van der Waals surface area contributed by atoms with Crippen molar-refractivity contribution in [2.45, 2.75) is 0 Å². The average molecular weight is 132 g/mol. The molecule has 0 spiro atoms. The van der Waals surface area contributed by atoms with Gasteiger partial charge in [0.05, 0.1) is 0 Å². The van der Waals surface area contributed by atoms with Gasteiger partial charge in [-0.2, -0.15) is 4.57 Å². The summed E-state index contributed by atoms with van der Waals surface area (Å²) in [4.78, 5) is 0. The molecule has 0 N–H and O–H groups in total. The molecule has 3 aliphatic rings. The van der Waals surface area contributed by atoms with Gasteiger partial charge in [0, 0.05) is 5.73 Å². The second-order valence-electron chi connectivity index (χ2n) is 1.28. The van der Waals surface area contributed by atoms with Gasteiger partial charge in [-0.25, -0.2) is 0 Å². The van der Waals surface area contributed by atoms with Gasteiger partial charge < -0.3 is 13.6 Å². The summed E-state index contributed by atoms with van der Waals surface area (Å²) in [5, 5.41) is 0. The third kappa shape index (κ3) is 0.340. The van der Waals surface area contributed by atoms with Crippen LogP contribution in [0.15, 0.2) is 17.9 Å². The quantitative estimate of drug-likeness (QED) is 0.366. The van der Waals surface area contributed by atoms with Crippen LogP contribution in [0.25, 0.3) is 0 Å². The van der Waals surface area contributed by atoms with E-state index in [1.54, 1.807) is 0 Å². The monoisotopic (exact) mass is 132 g/mol. The summed E-state index contributed by atoms with van der Waals surface area (Å²) in [6.45, 7) is 0. The first-order valence-electron chi connectivity index (χ1n) is 1.91. The smallest absolute Gasteiger partial charge is 0.385 e. The zero-order chi connectivity index (χ0) is 5.61. The highest BCUT2D eigenvalue weighted by atomic mass is 31.2. The van der Waals surface area contributed by atoms with Crippen LogP contribution in [-0.4, -0.2) is 0 Å². The fourth-order valence-electron chi connectivity index (χ4n) is 0.445. The van der Waals surface area contributed by atoms with Gasteiger partial charge in [0.25, 0.3) is 0 Å². The van der Waals surface area contributed by atoms with Gasteiger partial charge in [-0.3, -0.25) is 0 Å². The van der Waals surface area contributed by atoms with E-state index in [2.05, 4.69) is 19.3 Å². The molecule has 0 aromatic carbocycles. The van der Waals surface area contributed by atoms with Crippen molar-refractivity contribution in [2.24, 2.45) is 0 Å². The topological polar surface area (TPSA) is 44.8 Å². The lowest BCUT2D eigenvalue weighted by Gasteiger charge is -2.26. The minimum absolute atomic E-state index is 0.152. The molecule has 3 heterocycles. The number of phosphoric ester groups is 1. The van der Waals surface area contributed by atoms with E-state index in [-0.39, 0.29) is 5.95 Å². The maximum atomic E-state index is 10.5. The van der Waals surface area contributed by atoms with Crippen LogP contribution in [0, 0.1) is 0 Å². The van der Waals surface area contributed by atoms with Gasteiger partial charge >= 0.3 is 13.8 Å². The Morgan fingerprint density at radius 2 is 2.38 bits per heavy atom. The molecule has 0 aromatic heterocycles. The van der Waals surface area contributed by atoms with E-state index in [1.807, 2.05) is 0 Å². The molecular weight excluding hydrogens is 131 g/mol. The third-order valence-electron chi connectivity index (χ3n) is 0.748. The molecule has 0 amide bonds. The number of rotatable bonds is 0. The standard InChI is InChI=1S/C3HO4P/c4-8-5-2-1-3(6-8)7-8/h2H. The van der Waals surface area contributed by atoms with Crippen molar-refractivity contribution in [2.75, 3.05) is 0 Å². The van der Waals surface area contributed by atoms with Crippen LogP contribution in [0.1, 0.15) is 0 Å². The van der Waals surface area contributed by atoms with Gasteiger partial charge in [-0.15, -0.1) is 0 Å². The molecule has 0 aromatic rings. The van der Waals surface area contributed by atoms with Crippen molar-refractivity contribution in [1.82, 2.24) is 0 Å². The Hall–Kier alpha value is -0.850. The van der Waals surface area contributed by atoms with E-state index in [0.717, 1.165) is 0 Å². The van der Waals surface area contributed by atoms with Crippen molar-refractivity contribution in [3.8, 4) is 0 Å². The first-order chi connectivity index (χ1) is 3.79. The summed E-state index contributed by atoms with van der Waals surface area (Å²) in [6, 6.07) is 0. The molecule has 4 nitrogen and oxygen atoms in total. The van der Waals surface area contributed by atoms with Gasteiger partial charge in [-0.1, -0.05) is 0 Å². The van der Waals surface area contributed by atoms with Gasteiger partial charge in [0.1, 0.15) is 6.26 Å². The van der Waals surface area contributed by atoms with E-state index >= 15 is 0 Å². The molecule has 42 valence electrons. The molecule has 5 heteroatoms. The van der Waals surface area contributed by atoms with Crippen LogP contribution >= 0.6 is 7.82 Å². The first-order valence-corrected chi connectivity index (χ1v) is 3.37. The number of fused-ring (bicyclic) bond motifs is 1. The summed E-state index contributed by atoms with van der Waals surface area (Å²) >= 11 is 0. The van der Waals surface area contributed by atoms with Crippen LogP contribution in [0.2, 0.25) is 0 Å². The first kappa shape index (κ1) is 4.07. The van der Waals surface area contributed by atoms with Crippen LogP contribution < -0.4 is 0 Å². The van der Waals surface area contributed by atoms with Gasteiger partial charge in [0.15, 0.2) is 0 Å². The molecule has 0 unspecified atom stereocenters. The normalized spacial score (nSPS) is 25.8. The maximum absolute atomic E-state index is 10.5. The number of hydrogen-bond donors (Lipinski definition) is 0. The van der Waals surface area contributed by atoms with E-state index < -0.39 is 7.82 Å². The lowest BCUT2D eigenvalue weighted by Crippen LogP contribution is -2.10. The minimum Gasteiger partial charge on any atom is -0.385 e. The zero-order valence-electron chi connectivity index (χ0n) is 3.66. The Morgan fingerprint density at radius 3 is 2.62 bits per heavy atom. The Morgan fingerprint density at radius 1 is 1.62 bits per heavy atom. The second-order valence-corrected chi connectivity index (χ2v) is 2.76. The summed E-state index contributed by atoms with van der Waals surface area (Å²) in [5.41, 5.74) is 2.43. The lowest BCUT2D eigenvalue weighted by atomic mass is 10.8. The summed E-state index contributed by atoms with van der Waals surface area (Å²) in [6.07, 6.45) is 1.17. The highest BCUT2D eigenvalue weighted by molar-refractivity contribution is 7.50.